The molecular formula is C27H22BrCl2N3O4. The Labute approximate surface area is 231 Å². The van der Waals surface area contributed by atoms with Gasteiger partial charge in [-0.25, -0.2) is 9.78 Å². The molecule has 3 aromatic carbocycles. The molecule has 37 heavy (non-hydrogen) atoms. The number of carboxylic acid groups (broad SMARTS) is 1. The molecule has 0 bridgehead atoms. The number of hydrogen-bond donors (Lipinski definition) is 1. The number of ether oxygens (including phenoxy) is 1. The van der Waals surface area contributed by atoms with Gasteiger partial charge in [-0.2, -0.15) is 9.78 Å². The number of carbonyl (C=O) groups is 1. The van der Waals surface area contributed by atoms with Gasteiger partial charge in [-0.15, -0.1) is 0 Å². The Balaban J connectivity index is 1.60. The molecular weight excluding hydrogens is 581 g/mol. The lowest BCUT2D eigenvalue weighted by atomic mass is 10.1. The average Bonchev–Trinajstić information content (AvgIpc) is 2.87. The highest BCUT2D eigenvalue weighted by Crippen LogP contribution is 2.34. The van der Waals surface area contributed by atoms with E-state index in [2.05, 4.69) is 32.9 Å². The molecule has 0 saturated carbocycles. The van der Waals surface area contributed by atoms with Crippen LogP contribution >= 0.6 is 39.1 Å². The predicted octanol–water partition coefficient (Wildman–Crippen LogP) is 6.97. The van der Waals surface area contributed by atoms with E-state index in [0.717, 1.165) is 22.9 Å². The van der Waals surface area contributed by atoms with Crippen molar-refractivity contribution in [3.8, 4) is 5.75 Å². The van der Waals surface area contributed by atoms with E-state index in [4.69, 9.17) is 33.0 Å². The highest BCUT2D eigenvalue weighted by atomic mass is 79.9. The second-order valence-electron chi connectivity index (χ2n) is 8.26. The van der Waals surface area contributed by atoms with E-state index in [1.165, 1.54) is 23.0 Å². The topological polar surface area (TPSA) is 93.8 Å². The number of nitrogens with zero attached hydrogens (tertiary/aromatic N) is 3. The molecule has 0 saturated heterocycles. The minimum atomic E-state index is -0.997. The monoisotopic (exact) mass is 601 g/mol. The minimum absolute atomic E-state index is 0.154. The Hall–Kier alpha value is -3.20. The van der Waals surface area contributed by atoms with Crippen LogP contribution in [0.3, 0.4) is 0 Å². The van der Waals surface area contributed by atoms with Gasteiger partial charge < -0.3 is 9.84 Å². The summed E-state index contributed by atoms with van der Waals surface area (Å²) in [5.41, 5.74) is 1.89. The van der Waals surface area contributed by atoms with Crippen molar-refractivity contribution in [1.82, 2.24) is 9.66 Å². The summed E-state index contributed by atoms with van der Waals surface area (Å²) in [7, 11) is 0. The van der Waals surface area contributed by atoms with Crippen LogP contribution in [0.4, 0.5) is 0 Å². The Bertz CT molecular complexity index is 1530. The van der Waals surface area contributed by atoms with Gasteiger partial charge >= 0.3 is 5.97 Å². The third-order valence-electron chi connectivity index (χ3n) is 5.56. The van der Waals surface area contributed by atoms with Crippen molar-refractivity contribution < 1.29 is 14.6 Å². The van der Waals surface area contributed by atoms with Crippen LogP contribution in [0.5, 0.6) is 5.75 Å². The van der Waals surface area contributed by atoms with Crippen LogP contribution < -0.4 is 10.3 Å². The van der Waals surface area contributed by atoms with Gasteiger partial charge in [0.15, 0.2) is 5.75 Å². The van der Waals surface area contributed by atoms with E-state index in [0.29, 0.717) is 34.5 Å². The molecule has 0 aliphatic rings. The number of rotatable bonds is 9. The SMILES string of the molecule is CCCCc1nc2ccc(Br)cc2c(=O)n1N=Cc1cc(Cl)c(OCc2ccc(C(=O)O)cc2)c(Cl)c1. The van der Waals surface area contributed by atoms with Crippen molar-refractivity contribution >= 4 is 62.2 Å². The van der Waals surface area contributed by atoms with Crippen LogP contribution in [0.1, 0.15) is 47.1 Å². The fourth-order valence-electron chi connectivity index (χ4n) is 3.63. The van der Waals surface area contributed by atoms with Crippen LogP contribution in [0.25, 0.3) is 10.9 Å². The van der Waals surface area contributed by atoms with Gasteiger partial charge in [0.1, 0.15) is 12.4 Å². The van der Waals surface area contributed by atoms with Gasteiger partial charge in [-0.1, -0.05) is 64.6 Å². The number of benzene rings is 3. The number of aryl methyl sites for hydroxylation is 1. The minimum Gasteiger partial charge on any atom is -0.486 e. The molecule has 1 N–H and O–H groups in total. The highest BCUT2D eigenvalue weighted by molar-refractivity contribution is 9.10. The lowest BCUT2D eigenvalue weighted by Gasteiger charge is -2.12. The Kier molecular flexibility index (Phi) is 8.63. The second kappa shape index (κ2) is 11.9. The number of aromatic carboxylic acids is 1. The van der Waals surface area contributed by atoms with Crippen LogP contribution in [0.15, 0.2) is 69.0 Å². The van der Waals surface area contributed by atoms with E-state index in [1.807, 2.05) is 12.1 Å². The maximum atomic E-state index is 13.2. The van der Waals surface area contributed by atoms with Gasteiger partial charge in [0.2, 0.25) is 0 Å². The summed E-state index contributed by atoms with van der Waals surface area (Å²) in [5.74, 6) is -0.132. The van der Waals surface area contributed by atoms with Crippen molar-refractivity contribution in [2.24, 2.45) is 5.10 Å². The van der Waals surface area contributed by atoms with Crippen molar-refractivity contribution in [2.75, 3.05) is 0 Å². The van der Waals surface area contributed by atoms with Crippen LogP contribution in [-0.4, -0.2) is 27.0 Å². The Morgan fingerprint density at radius 1 is 1.14 bits per heavy atom. The number of hydrogen-bond acceptors (Lipinski definition) is 5. The first-order valence-corrected chi connectivity index (χ1v) is 13.0. The van der Waals surface area contributed by atoms with E-state index in [9.17, 15) is 9.59 Å². The molecule has 0 amide bonds. The smallest absolute Gasteiger partial charge is 0.335 e. The molecule has 10 heteroatoms. The van der Waals surface area contributed by atoms with Crippen LogP contribution in [0.2, 0.25) is 10.0 Å². The van der Waals surface area contributed by atoms with Gasteiger partial charge in [-0.3, -0.25) is 4.79 Å². The van der Waals surface area contributed by atoms with E-state index < -0.39 is 5.97 Å². The number of aromatic nitrogens is 2. The molecule has 7 nitrogen and oxygen atoms in total. The molecule has 0 radical (unpaired) electrons. The molecule has 1 heterocycles. The molecule has 1 aromatic heterocycles. The largest absolute Gasteiger partial charge is 0.486 e. The third kappa shape index (κ3) is 6.39. The third-order valence-corrected chi connectivity index (χ3v) is 6.61. The zero-order chi connectivity index (χ0) is 26.5. The number of unbranched alkanes of at least 4 members (excludes halogenated alkanes) is 1. The molecule has 0 aliphatic heterocycles. The molecule has 0 fully saturated rings. The lowest BCUT2D eigenvalue weighted by Crippen LogP contribution is -2.22. The van der Waals surface area contributed by atoms with Gasteiger partial charge in [0.05, 0.1) is 32.7 Å². The Morgan fingerprint density at radius 3 is 2.49 bits per heavy atom. The summed E-state index contributed by atoms with van der Waals surface area (Å²) in [4.78, 5) is 28.9. The lowest BCUT2D eigenvalue weighted by molar-refractivity contribution is 0.0697. The summed E-state index contributed by atoms with van der Waals surface area (Å²) < 4.78 is 7.89. The highest BCUT2D eigenvalue weighted by Gasteiger charge is 2.13. The van der Waals surface area contributed by atoms with Crippen molar-refractivity contribution in [1.29, 1.82) is 0 Å². The quantitative estimate of drug-likeness (QED) is 0.209. The molecule has 0 atom stereocenters. The molecule has 0 spiro atoms. The summed E-state index contributed by atoms with van der Waals surface area (Å²) >= 11 is 16.3. The molecule has 0 unspecified atom stereocenters. The molecule has 4 rings (SSSR count). The second-order valence-corrected chi connectivity index (χ2v) is 9.99. The zero-order valence-electron chi connectivity index (χ0n) is 19.7. The van der Waals surface area contributed by atoms with Gasteiger partial charge in [0, 0.05) is 10.9 Å². The van der Waals surface area contributed by atoms with E-state index >= 15 is 0 Å². The number of fused-ring (bicyclic) bond motifs is 1. The first-order valence-electron chi connectivity index (χ1n) is 11.5. The van der Waals surface area contributed by atoms with Crippen molar-refractivity contribution in [3.63, 3.8) is 0 Å². The number of carboxylic acids is 1. The van der Waals surface area contributed by atoms with Crippen molar-refractivity contribution in [2.45, 2.75) is 32.8 Å². The Morgan fingerprint density at radius 2 is 1.84 bits per heavy atom. The summed E-state index contributed by atoms with van der Waals surface area (Å²) in [5, 5.41) is 14.5. The molecule has 0 aliphatic carbocycles. The predicted molar refractivity (Wildman–Crippen MR) is 150 cm³/mol. The fourth-order valence-corrected chi connectivity index (χ4v) is 4.60. The van der Waals surface area contributed by atoms with Gasteiger partial charge in [0.25, 0.3) is 5.56 Å². The van der Waals surface area contributed by atoms with Crippen molar-refractivity contribution in [3.05, 3.63) is 102 Å². The fraction of sp³-hybridized carbons (Fsp3) is 0.185. The first kappa shape index (κ1) is 26.9. The van der Waals surface area contributed by atoms with E-state index in [1.54, 1.807) is 30.3 Å². The summed E-state index contributed by atoms with van der Waals surface area (Å²) in [6.07, 6.45) is 3.94. The first-order chi connectivity index (χ1) is 17.8. The van der Waals surface area contributed by atoms with Crippen LogP contribution in [0, 0.1) is 0 Å². The molecule has 4 aromatic rings. The van der Waals surface area contributed by atoms with Gasteiger partial charge in [-0.05, 0) is 60.0 Å². The maximum absolute atomic E-state index is 13.2. The standard InChI is InChI=1S/C27H22BrCl2N3O4/c1-2-3-4-24-32-23-10-9-19(28)13-20(23)26(34)33(24)31-14-17-11-21(29)25(22(30)12-17)37-15-16-5-7-18(8-6-16)27(35)36/h5-14H,2-4,15H2,1H3,(H,35,36). The summed E-state index contributed by atoms with van der Waals surface area (Å²) in [6.45, 7) is 2.23. The average molecular weight is 603 g/mol. The zero-order valence-corrected chi connectivity index (χ0v) is 22.8. The normalized spacial score (nSPS) is 11.4. The maximum Gasteiger partial charge on any atom is 0.335 e. The van der Waals surface area contributed by atoms with E-state index in [-0.39, 0.29) is 27.8 Å². The molecule has 190 valence electrons. The summed E-state index contributed by atoms with van der Waals surface area (Å²) in [6, 6.07) is 15.0. The van der Waals surface area contributed by atoms with Crippen LogP contribution in [-0.2, 0) is 13.0 Å². The number of halogens is 3.